The van der Waals surface area contributed by atoms with E-state index >= 15 is 0 Å². The molecule has 0 fully saturated rings. The van der Waals surface area contributed by atoms with Crippen LogP contribution in [-0.2, 0) is 9.59 Å². The Morgan fingerprint density at radius 3 is 2.29 bits per heavy atom. The lowest BCUT2D eigenvalue weighted by atomic mass is 9.76. The van der Waals surface area contributed by atoms with E-state index < -0.39 is 0 Å². The SMILES string of the molecule is CC1=C(C)C(=O)C(C(CCCNC(=O)c2ccccc2O)c2ccncc2)=C(C)C1=O. The molecule has 0 aliphatic heterocycles. The fraction of sp³-hybridized carbons (Fsp3) is 0.280. The molecule has 1 unspecified atom stereocenters. The van der Waals surface area contributed by atoms with Crippen molar-refractivity contribution in [3.8, 4) is 5.75 Å². The summed E-state index contributed by atoms with van der Waals surface area (Å²) in [6.07, 6.45) is 4.50. The molecule has 0 radical (unpaired) electrons. The Morgan fingerprint density at radius 2 is 1.61 bits per heavy atom. The summed E-state index contributed by atoms with van der Waals surface area (Å²) < 4.78 is 0. The lowest BCUT2D eigenvalue weighted by Crippen LogP contribution is -2.27. The smallest absolute Gasteiger partial charge is 0.255 e. The third-order valence-corrected chi connectivity index (χ3v) is 5.79. The highest BCUT2D eigenvalue weighted by molar-refractivity contribution is 6.25. The number of hydrogen-bond donors (Lipinski definition) is 2. The molecular weight excluding hydrogens is 392 g/mol. The van der Waals surface area contributed by atoms with Gasteiger partial charge in [-0.05, 0) is 63.4 Å². The molecule has 1 amide bonds. The van der Waals surface area contributed by atoms with Gasteiger partial charge in [0, 0.05) is 47.1 Å². The molecular formula is C25H26N2O4. The van der Waals surface area contributed by atoms with E-state index in [2.05, 4.69) is 10.3 Å². The molecule has 2 aromatic rings. The van der Waals surface area contributed by atoms with E-state index in [1.165, 1.54) is 6.07 Å². The van der Waals surface area contributed by atoms with Gasteiger partial charge >= 0.3 is 0 Å². The number of benzene rings is 1. The Balaban J connectivity index is 1.77. The average molecular weight is 418 g/mol. The van der Waals surface area contributed by atoms with Crippen LogP contribution >= 0.6 is 0 Å². The first kappa shape index (κ1) is 22.2. The third kappa shape index (κ3) is 4.63. The first-order valence-electron chi connectivity index (χ1n) is 10.3. The number of pyridine rings is 1. The zero-order valence-electron chi connectivity index (χ0n) is 17.9. The topological polar surface area (TPSA) is 96.4 Å². The number of allylic oxidation sites excluding steroid dienone is 4. The number of carbonyl (C=O) groups is 3. The average Bonchev–Trinajstić information content (AvgIpc) is 2.78. The molecule has 0 saturated heterocycles. The van der Waals surface area contributed by atoms with Crippen molar-refractivity contribution >= 4 is 17.5 Å². The normalized spacial score (nSPS) is 15.3. The number of phenols is 1. The van der Waals surface area contributed by atoms with Crippen LogP contribution in [0.25, 0.3) is 0 Å². The molecule has 1 heterocycles. The van der Waals surface area contributed by atoms with Crippen LogP contribution in [0.1, 0.15) is 55.5 Å². The number of nitrogens with one attached hydrogen (secondary N) is 1. The maximum atomic E-state index is 13.1. The Morgan fingerprint density at radius 1 is 0.968 bits per heavy atom. The minimum absolute atomic E-state index is 0.0700. The Hall–Kier alpha value is -3.54. The van der Waals surface area contributed by atoms with Crippen LogP contribution in [0.15, 0.2) is 71.1 Å². The van der Waals surface area contributed by atoms with Gasteiger partial charge in [-0.25, -0.2) is 0 Å². The van der Waals surface area contributed by atoms with Crippen molar-refractivity contribution in [2.45, 2.75) is 39.5 Å². The van der Waals surface area contributed by atoms with Crippen LogP contribution < -0.4 is 5.32 Å². The van der Waals surface area contributed by atoms with Crippen LogP contribution in [0.3, 0.4) is 0 Å². The number of aromatic hydroxyl groups is 1. The number of hydrogen-bond acceptors (Lipinski definition) is 5. The number of nitrogens with zero attached hydrogens (tertiary/aromatic N) is 1. The number of rotatable bonds is 7. The molecule has 1 aromatic heterocycles. The van der Waals surface area contributed by atoms with Gasteiger partial charge in [0.2, 0.25) is 0 Å². The second kappa shape index (κ2) is 9.51. The van der Waals surface area contributed by atoms with Crippen molar-refractivity contribution in [1.82, 2.24) is 10.3 Å². The van der Waals surface area contributed by atoms with Gasteiger partial charge in [-0.2, -0.15) is 0 Å². The van der Waals surface area contributed by atoms with Gasteiger partial charge in [0.15, 0.2) is 11.6 Å². The summed E-state index contributed by atoms with van der Waals surface area (Å²) in [6.45, 7) is 5.46. The lowest BCUT2D eigenvalue weighted by Gasteiger charge is -2.26. The molecule has 1 atom stereocenters. The largest absolute Gasteiger partial charge is 0.507 e. The molecule has 31 heavy (non-hydrogen) atoms. The van der Waals surface area contributed by atoms with Gasteiger partial charge in [-0.15, -0.1) is 0 Å². The van der Waals surface area contributed by atoms with E-state index in [0.717, 1.165) is 5.56 Å². The summed E-state index contributed by atoms with van der Waals surface area (Å²) in [4.78, 5) is 42.1. The van der Waals surface area contributed by atoms with Crippen molar-refractivity contribution in [1.29, 1.82) is 0 Å². The van der Waals surface area contributed by atoms with E-state index in [9.17, 15) is 19.5 Å². The molecule has 1 aliphatic rings. The highest BCUT2D eigenvalue weighted by Gasteiger charge is 2.33. The van der Waals surface area contributed by atoms with E-state index in [1.807, 2.05) is 12.1 Å². The van der Waals surface area contributed by atoms with Crippen LogP contribution in [-0.4, -0.2) is 34.1 Å². The second-order valence-corrected chi connectivity index (χ2v) is 7.70. The van der Waals surface area contributed by atoms with Crippen LogP contribution in [0, 0.1) is 0 Å². The van der Waals surface area contributed by atoms with Crippen LogP contribution in [0.2, 0.25) is 0 Å². The molecule has 160 valence electrons. The van der Waals surface area contributed by atoms with Gasteiger partial charge in [-0.3, -0.25) is 19.4 Å². The molecule has 1 aromatic carbocycles. The molecule has 2 N–H and O–H groups in total. The fourth-order valence-corrected chi connectivity index (χ4v) is 3.88. The minimum Gasteiger partial charge on any atom is -0.507 e. The lowest BCUT2D eigenvalue weighted by molar-refractivity contribution is -0.116. The Labute approximate surface area is 181 Å². The molecule has 0 spiro atoms. The van der Waals surface area contributed by atoms with E-state index in [0.29, 0.717) is 41.7 Å². The predicted octanol–water partition coefficient (Wildman–Crippen LogP) is 3.89. The van der Waals surface area contributed by atoms with Gasteiger partial charge < -0.3 is 10.4 Å². The number of ketones is 2. The van der Waals surface area contributed by atoms with Gasteiger partial charge in [0.05, 0.1) is 5.56 Å². The maximum absolute atomic E-state index is 13.1. The monoisotopic (exact) mass is 418 g/mol. The van der Waals surface area contributed by atoms with E-state index in [1.54, 1.807) is 51.4 Å². The minimum atomic E-state index is -0.354. The zero-order chi connectivity index (χ0) is 22.5. The van der Waals surface area contributed by atoms with Crippen LogP contribution in [0.4, 0.5) is 0 Å². The molecule has 0 saturated carbocycles. The summed E-state index contributed by atoms with van der Waals surface area (Å²) in [6, 6.07) is 10.1. The number of aromatic nitrogens is 1. The zero-order valence-corrected chi connectivity index (χ0v) is 17.9. The summed E-state index contributed by atoms with van der Waals surface area (Å²) in [5.41, 5.74) is 3.10. The standard InChI is InChI=1S/C25H26N2O4/c1-15-16(2)24(30)22(17(3)23(15)29)19(18-10-13-26-14-11-18)8-6-12-27-25(31)20-7-4-5-9-21(20)28/h4-5,7,9-11,13-14,19,28H,6,8,12H2,1-3H3,(H,27,31). The van der Waals surface area contributed by atoms with Crippen molar-refractivity contribution in [3.05, 3.63) is 82.2 Å². The number of carbonyl (C=O) groups excluding carboxylic acids is 3. The van der Waals surface area contributed by atoms with Crippen molar-refractivity contribution in [2.75, 3.05) is 6.54 Å². The maximum Gasteiger partial charge on any atom is 0.255 e. The van der Waals surface area contributed by atoms with Gasteiger partial charge in [-0.1, -0.05) is 12.1 Å². The van der Waals surface area contributed by atoms with E-state index in [-0.39, 0.29) is 34.7 Å². The number of phenolic OH excluding ortho intramolecular Hbond substituents is 1. The number of amides is 1. The Kier molecular flexibility index (Phi) is 6.80. The molecule has 1 aliphatic carbocycles. The van der Waals surface area contributed by atoms with Crippen molar-refractivity contribution in [3.63, 3.8) is 0 Å². The Bertz CT molecular complexity index is 1080. The number of Topliss-reactive ketones (excluding diaryl/α,β-unsaturated/α-hetero) is 2. The predicted molar refractivity (Wildman–Crippen MR) is 118 cm³/mol. The molecule has 3 rings (SSSR count). The van der Waals surface area contributed by atoms with Gasteiger partial charge in [0.25, 0.3) is 5.91 Å². The summed E-state index contributed by atoms with van der Waals surface area (Å²) >= 11 is 0. The third-order valence-electron chi connectivity index (χ3n) is 5.79. The molecule has 6 nitrogen and oxygen atoms in total. The summed E-state index contributed by atoms with van der Waals surface area (Å²) in [7, 11) is 0. The van der Waals surface area contributed by atoms with E-state index in [4.69, 9.17) is 0 Å². The first-order chi connectivity index (χ1) is 14.8. The second-order valence-electron chi connectivity index (χ2n) is 7.70. The van der Waals surface area contributed by atoms with Crippen molar-refractivity contribution in [2.24, 2.45) is 0 Å². The highest BCUT2D eigenvalue weighted by Crippen LogP contribution is 2.37. The van der Waals surface area contributed by atoms with Gasteiger partial charge in [0.1, 0.15) is 5.75 Å². The quantitative estimate of drug-likeness (QED) is 0.525. The fourth-order valence-electron chi connectivity index (χ4n) is 3.88. The van der Waals surface area contributed by atoms with Crippen LogP contribution in [0.5, 0.6) is 5.75 Å². The number of para-hydroxylation sites is 1. The summed E-state index contributed by atoms with van der Waals surface area (Å²) in [5, 5.41) is 12.6. The highest BCUT2D eigenvalue weighted by atomic mass is 16.3. The van der Waals surface area contributed by atoms with Crippen molar-refractivity contribution < 1.29 is 19.5 Å². The molecule has 0 bridgehead atoms. The summed E-state index contributed by atoms with van der Waals surface area (Å²) in [5.74, 6) is -0.898. The molecule has 6 heteroatoms. The first-order valence-corrected chi connectivity index (χ1v) is 10.3.